The first-order valence-electron chi connectivity index (χ1n) is 5.46. The Labute approximate surface area is 99.6 Å². The number of rotatable bonds is 3. The highest BCUT2D eigenvalue weighted by Crippen LogP contribution is 2.09. The van der Waals surface area contributed by atoms with Crippen molar-refractivity contribution in [2.45, 2.75) is 45.3 Å². The van der Waals surface area contributed by atoms with Gasteiger partial charge in [-0.3, -0.25) is 9.59 Å². The van der Waals surface area contributed by atoms with E-state index in [-0.39, 0.29) is 6.42 Å². The van der Waals surface area contributed by atoms with Crippen molar-refractivity contribution >= 4 is 17.8 Å². The molecule has 0 unspecified atom stereocenters. The summed E-state index contributed by atoms with van der Waals surface area (Å²) in [5.74, 6) is -1.59. The van der Waals surface area contributed by atoms with Crippen molar-refractivity contribution in [2.24, 2.45) is 0 Å². The molecule has 0 spiro atoms. The van der Waals surface area contributed by atoms with Crippen LogP contribution in [0.2, 0.25) is 0 Å². The maximum absolute atomic E-state index is 11.4. The molecule has 1 aliphatic rings. The number of hydrogen-bond acceptors (Lipinski definition) is 5. The molecule has 0 aromatic heterocycles. The molecule has 1 amide bonds. The number of cyclic esters (lactones) is 1. The quantitative estimate of drug-likeness (QED) is 0.563. The van der Waals surface area contributed by atoms with Crippen LogP contribution in [-0.4, -0.2) is 36.1 Å². The Kier molecular flexibility index (Phi) is 4.09. The lowest BCUT2D eigenvalue weighted by Gasteiger charge is -2.19. The lowest BCUT2D eigenvalue weighted by molar-refractivity contribution is -0.157. The second-order valence-corrected chi connectivity index (χ2v) is 4.84. The summed E-state index contributed by atoms with van der Waals surface area (Å²) >= 11 is 0. The highest BCUT2D eigenvalue weighted by atomic mass is 16.6. The molecule has 0 bridgehead atoms. The maximum atomic E-state index is 11.4. The van der Waals surface area contributed by atoms with Gasteiger partial charge in [0.2, 0.25) is 5.91 Å². The molecule has 0 saturated carbocycles. The first-order valence-corrected chi connectivity index (χ1v) is 5.46. The molecule has 1 N–H and O–H groups in total. The number of carbonyl (C=O) groups excluding carboxylic acids is 3. The van der Waals surface area contributed by atoms with Crippen molar-refractivity contribution in [3.63, 3.8) is 0 Å². The zero-order valence-electron chi connectivity index (χ0n) is 10.2. The molecule has 1 rings (SSSR count). The van der Waals surface area contributed by atoms with Gasteiger partial charge in [0.25, 0.3) is 0 Å². The van der Waals surface area contributed by atoms with Gasteiger partial charge in [-0.15, -0.1) is 0 Å². The average molecular weight is 243 g/mol. The number of ether oxygens (including phenoxy) is 2. The molecule has 6 nitrogen and oxygen atoms in total. The maximum Gasteiger partial charge on any atom is 0.328 e. The second-order valence-electron chi connectivity index (χ2n) is 4.84. The van der Waals surface area contributed by atoms with Gasteiger partial charge >= 0.3 is 11.9 Å². The van der Waals surface area contributed by atoms with Gasteiger partial charge in [-0.25, -0.2) is 4.79 Å². The Morgan fingerprint density at radius 2 is 2.12 bits per heavy atom. The van der Waals surface area contributed by atoms with E-state index in [9.17, 15) is 14.4 Å². The molecule has 1 heterocycles. The van der Waals surface area contributed by atoms with E-state index < -0.39 is 29.5 Å². The number of hydrogen-bond donors (Lipinski definition) is 1. The minimum atomic E-state index is -0.634. The summed E-state index contributed by atoms with van der Waals surface area (Å²) in [5, 5.41) is 2.43. The average Bonchev–Trinajstić information content (AvgIpc) is 2.47. The van der Waals surface area contributed by atoms with E-state index >= 15 is 0 Å². The molecule has 1 aliphatic heterocycles. The van der Waals surface area contributed by atoms with Crippen LogP contribution in [0.25, 0.3) is 0 Å². The minimum absolute atomic E-state index is 0.302. The molecule has 17 heavy (non-hydrogen) atoms. The van der Waals surface area contributed by atoms with Crippen molar-refractivity contribution in [2.75, 3.05) is 6.61 Å². The predicted molar refractivity (Wildman–Crippen MR) is 58.0 cm³/mol. The van der Waals surface area contributed by atoms with Crippen LogP contribution in [0.4, 0.5) is 0 Å². The van der Waals surface area contributed by atoms with E-state index in [1.807, 2.05) is 0 Å². The van der Waals surface area contributed by atoms with Gasteiger partial charge < -0.3 is 14.8 Å². The third kappa shape index (κ3) is 4.84. The molecule has 0 radical (unpaired) electrons. The van der Waals surface area contributed by atoms with Crippen LogP contribution in [-0.2, 0) is 23.9 Å². The molecule has 1 saturated heterocycles. The van der Waals surface area contributed by atoms with Crippen LogP contribution in [0, 0.1) is 0 Å². The summed E-state index contributed by atoms with van der Waals surface area (Å²) < 4.78 is 9.67. The fraction of sp³-hybridized carbons (Fsp3) is 0.727. The van der Waals surface area contributed by atoms with E-state index in [1.54, 1.807) is 20.8 Å². The van der Waals surface area contributed by atoms with Gasteiger partial charge in [0.15, 0.2) is 0 Å². The van der Waals surface area contributed by atoms with E-state index in [1.165, 1.54) is 0 Å². The SMILES string of the molecule is CC(C)(C)OC(=O)CC(=O)N[C@H]1CCOC1=O. The highest BCUT2D eigenvalue weighted by Gasteiger charge is 2.29. The van der Waals surface area contributed by atoms with Gasteiger partial charge in [-0.1, -0.05) is 0 Å². The highest BCUT2D eigenvalue weighted by molar-refractivity contribution is 5.96. The van der Waals surface area contributed by atoms with Crippen LogP contribution < -0.4 is 5.32 Å². The van der Waals surface area contributed by atoms with Crippen molar-refractivity contribution in [3.8, 4) is 0 Å². The van der Waals surface area contributed by atoms with Crippen molar-refractivity contribution in [1.82, 2.24) is 5.32 Å². The number of carbonyl (C=O) groups is 3. The van der Waals surface area contributed by atoms with Crippen LogP contribution in [0.3, 0.4) is 0 Å². The minimum Gasteiger partial charge on any atom is -0.464 e. The van der Waals surface area contributed by atoms with Gasteiger partial charge in [0.1, 0.15) is 18.1 Å². The Hall–Kier alpha value is -1.59. The molecular formula is C11H17NO5. The Morgan fingerprint density at radius 1 is 1.47 bits per heavy atom. The Balaban J connectivity index is 2.34. The van der Waals surface area contributed by atoms with E-state index in [4.69, 9.17) is 4.74 Å². The zero-order valence-corrected chi connectivity index (χ0v) is 10.2. The van der Waals surface area contributed by atoms with E-state index in [0.717, 1.165) is 0 Å². The monoisotopic (exact) mass is 243 g/mol. The summed E-state index contributed by atoms with van der Waals surface area (Å²) in [7, 11) is 0. The van der Waals surface area contributed by atoms with Crippen molar-refractivity contribution in [3.05, 3.63) is 0 Å². The normalized spacial score (nSPS) is 19.7. The first kappa shape index (κ1) is 13.5. The summed E-state index contributed by atoms with van der Waals surface area (Å²) in [6.45, 7) is 5.46. The summed E-state index contributed by atoms with van der Waals surface area (Å²) in [5.41, 5.74) is -0.621. The lowest BCUT2D eigenvalue weighted by atomic mass is 10.2. The molecule has 96 valence electrons. The van der Waals surface area contributed by atoms with Gasteiger partial charge in [0.05, 0.1) is 6.61 Å². The van der Waals surface area contributed by atoms with E-state index in [0.29, 0.717) is 13.0 Å². The molecule has 1 fully saturated rings. The molecule has 0 aliphatic carbocycles. The smallest absolute Gasteiger partial charge is 0.328 e. The first-order chi connectivity index (χ1) is 7.78. The van der Waals surface area contributed by atoms with Crippen molar-refractivity contribution < 1.29 is 23.9 Å². The largest absolute Gasteiger partial charge is 0.464 e. The van der Waals surface area contributed by atoms with Crippen molar-refractivity contribution in [1.29, 1.82) is 0 Å². The van der Waals surface area contributed by atoms with Crippen LogP contribution in [0.5, 0.6) is 0 Å². The van der Waals surface area contributed by atoms with Gasteiger partial charge in [0, 0.05) is 6.42 Å². The number of amides is 1. The standard InChI is InChI=1S/C11H17NO5/c1-11(2,3)17-9(14)6-8(13)12-7-4-5-16-10(7)15/h7H,4-6H2,1-3H3,(H,12,13)/t7-/m0/s1. The van der Waals surface area contributed by atoms with Gasteiger partial charge in [-0.2, -0.15) is 0 Å². The van der Waals surface area contributed by atoms with Crippen LogP contribution in [0.15, 0.2) is 0 Å². The fourth-order valence-electron chi connectivity index (χ4n) is 1.38. The molecule has 0 aromatic carbocycles. The lowest BCUT2D eigenvalue weighted by Crippen LogP contribution is -2.39. The fourth-order valence-corrected chi connectivity index (χ4v) is 1.38. The number of nitrogens with one attached hydrogen (secondary N) is 1. The molecule has 6 heteroatoms. The molecular weight excluding hydrogens is 226 g/mol. The summed E-state index contributed by atoms with van der Waals surface area (Å²) in [4.78, 5) is 33.8. The summed E-state index contributed by atoms with van der Waals surface area (Å²) in [6, 6.07) is -0.634. The predicted octanol–water partition coefficient (Wildman–Crippen LogP) is 0.150. The number of esters is 2. The zero-order chi connectivity index (χ0) is 13.1. The summed E-state index contributed by atoms with van der Waals surface area (Å²) in [6.07, 6.45) is 0.0555. The Bertz CT molecular complexity index is 331. The van der Waals surface area contributed by atoms with Crippen LogP contribution >= 0.6 is 0 Å². The molecule has 1 atom stereocenters. The Morgan fingerprint density at radius 3 is 2.59 bits per heavy atom. The third-order valence-electron chi connectivity index (χ3n) is 2.00. The van der Waals surface area contributed by atoms with Crippen LogP contribution in [0.1, 0.15) is 33.6 Å². The molecule has 0 aromatic rings. The van der Waals surface area contributed by atoms with E-state index in [2.05, 4.69) is 10.1 Å². The van der Waals surface area contributed by atoms with Gasteiger partial charge in [-0.05, 0) is 20.8 Å². The second kappa shape index (κ2) is 5.16. The third-order valence-corrected chi connectivity index (χ3v) is 2.00. The topological polar surface area (TPSA) is 81.7 Å².